The van der Waals surface area contributed by atoms with Crippen molar-refractivity contribution in [2.24, 2.45) is 0 Å². The average molecular weight is 241 g/mol. The first kappa shape index (κ1) is 11.2. The minimum Gasteiger partial charge on any atom is -0.480 e. The monoisotopic (exact) mass is 241 g/mol. The van der Waals surface area contributed by atoms with Gasteiger partial charge in [-0.05, 0) is 29.2 Å². The highest BCUT2D eigenvalue weighted by Gasteiger charge is 2.30. The van der Waals surface area contributed by atoms with Crippen LogP contribution in [-0.2, 0) is 4.79 Å². The maximum absolute atomic E-state index is 11.0. The molecule has 1 fully saturated rings. The highest BCUT2D eigenvalue weighted by Crippen LogP contribution is 2.31. The molecular formula is C15H15NO2. The average Bonchev–Trinajstić information content (AvgIpc) is 2.87. The molecule has 3 heteroatoms. The van der Waals surface area contributed by atoms with Gasteiger partial charge < -0.3 is 5.11 Å². The molecule has 3 rings (SSSR count). The van der Waals surface area contributed by atoms with E-state index in [0.717, 1.165) is 6.42 Å². The summed E-state index contributed by atoms with van der Waals surface area (Å²) in [7, 11) is 0. The van der Waals surface area contributed by atoms with Crippen LogP contribution in [0.4, 0.5) is 0 Å². The van der Waals surface area contributed by atoms with Gasteiger partial charge in [0.25, 0.3) is 0 Å². The van der Waals surface area contributed by atoms with Crippen LogP contribution in [0.25, 0.3) is 10.8 Å². The van der Waals surface area contributed by atoms with Crippen molar-refractivity contribution in [2.45, 2.75) is 24.9 Å². The fourth-order valence-electron chi connectivity index (χ4n) is 2.74. The van der Waals surface area contributed by atoms with Gasteiger partial charge in [-0.1, -0.05) is 42.5 Å². The van der Waals surface area contributed by atoms with Gasteiger partial charge >= 0.3 is 5.97 Å². The van der Waals surface area contributed by atoms with Gasteiger partial charge in [0.2, 0.25) is 0 Å². The lowest BCUT2D eigenvalue weighted by Crippen LogP contribution is -2.31. The van der Waals surface area contributed by atoms with Crippen molar-refractivity contribution in [3.05, 3.63) is 48.0 Å². The maximum Gasteiger partial charge on any atom is 0.320 e. The Labute approximate surface area is 105 Å². The summed E-state index contributed by atoms with van der Waals surface area (Å²) in [6.45, 7) is 0. The molecule has 1 aliphatic heterocycles. The van der Waals surface area contributed by atoms with Gasteiger partial charge in [-0.2, -0.15) is 0 Å². The number of benzene rings is 2. The zero-order valence-electron chi connectivity index (χ0n) is 9.97. The first-order valence-electron chi connectivity index (χ1n) is 6.22. The normalized spacial score (nSPS) is 23.3. The van der Waals surface area contributed by atoms with E-state index in [-0.39, 0.29) is 6.04 Å². The zero-order chi connectivity index (χ0) is 12.5. The molecule has 0 bridgehead atoms. The van der Waals surface area contributed by atoms with Crippen molar-refractivity contribution in [1.82, 2.24) is 5.32 Å². The van der Waals surface area contributed by atoms with Crippen LogP contribution in [0.15, 0.2) is 42.5 Å². The lowest BCUT2D eigenvalue weighted by molar-refractivity contribution is -0.139. The Balaban J connectivity index is 1.98. The molecule has 1 saturated heterocycles. The number of fused-ring (bicyclic) bond motifs is 1. The Kier molecular flexibility index (Phi) is 2.76. The molecule has 0 saturated carbocycles. The largest absolute Gasteiger partial charge is 0.480 e. The van der Waals surface area contributed by atoms with Crippen LogP contribution >= 0.6 is 0 Å². The summed E-state index contributed by atoms with van der Waals surface area (Å²) in [5.41, 5.74) is 1.21. The number of nitrogens with one attached hydrogen (secondary N) is 1. The van der Waals surface area contributed by atoms with E-state index in [2.05, 4.69) is 29.6 Å². The van der Waals surface area contributed by atoms with Gasteiger partial charge in [0.1, 0.15) is 6.04 Å². The third-order valence-corrected chi connectivity index (χ3v) is 3.64. The second kappa shape index (κ2) is 4.42. The van der Waals surface area contributed by atoms with E-state index < -0.39 is 12.0 Å². The fraction of sp³-hybridized carbons (Fsp3) is 0.267. The van der Waals surface area contributed by atoms with Crippen molar-refractivity contribution in [2.75, 3.05) is 0 Å². The molecule has 18 heavy (non-hydrogen) atoms. The second-order valence-electron chi connectivity index (χ2n) is 4.76. The number of carbonyl (C=O) groups is 1. The molecule has 2 unspecified atom stereocenters. The number of carboxylic acids is 1. The van der Waals surface area contributed by atoms with Crippen LogP contribution in [0.1, 0.15) is 24.4 Å². The standard InChI is InChI=1S/C15H15NO2/c17-15(18)14-9-8-13(16-14)12-7-3-5-10-4-1-2-6-11(10)12/h1-7,13-14,16H,8-9H2,(H,17,18). The minimum absolute atomic E-state index is 0.150. The van der Waals surface area contributed by atoms with Crippen LogP contribution in [0.5, 0.6) is 0 Å². The first-order valence-corrected chi connectivity index (χ1v) is 6.22. The van der Waals surface area contributed by atoms with E-state index in [0.29, 0.717) is 6.42 Å². The molecule has 2 aromatic carbocycles. The third kappa shape index (κ3) is 1.87. The molecule has 2 atom stereocenters. The predicted molar refractivity (Wildman–Crippen MR) is 70.5 cm³/mol. The molecule has 2 aromatic rings. The van der Waals surface area contributed by atoms with Crippen LogP contribution in [-0.4, -0.2) is 17.1 Å². The van der Waals surface area contributed by atoms with E-state index in [9.17, 15) is 4.79 Å². The van der Waals surface area contributed by atoms with Gasteiger partial charge in [-0.15, -0.1) is 0 Å². The van der Waals surface area contributed by atoms with Crippen molar-refractivity contribution >= 4 is 16.7 Å². The summed E-state index contributed by atoms with van der Waals surface area (Å²) in [4.78, 5) is 11.0. The Morgan fingerprint density at radius 3 is 2.67 bits per heavy atom. The fourth-order valence-corrected chi connectivity index (χ4v) is 2.74. The molecule has 0 aliphatic carbocycles. The highest BCUT2D eigenvalue weighted by atomic mass is 16.4. The number of hydrogen-bond donors (Lipinski definition) is 2. The van der Waals surface area contributed by atoms with Crippen molar-refractivity contribution < 1.29 is 9.90 Å². The summed E-state index contributed by atoms with van der Waals surface area (Å²) in [5.74, 6) is -0.752. The van der Waals surface area contributed by atoms with Crippen molar-refractivity contribution in [3.63, 3.8) is 0 Å². The third-order valence-electron chi connectivity index (χ3n) is 3.64. The molecule has 1 aliphatic rings. The Hall–Kier alpha value is -1.87. The van der Waals surface area contributed by atoms with Crippen molar-refractivity contribution in [3.8, 4) is 0 Å². The predicted octanol–water partition coefficient (Wildman–Crippen LogP) is 2.72. The summed E-state index contributed by atoms with van der Waals surface area (Å²) in [5, 5.41) is 14.6. The summed E-state index contributed by atoms with van der Waals surface area (Å²) < 4.78 is 0. The lowest BCUT2D eigenvalue weighted by atomic mass is 9.98. The quantitative estimate of drug-likeness (QED) is 0.850. The van der Waals surface area contributed by atoms with Crippen LogP contribution in [0.2, 0.25) is 0 Å². The van der Waals surface area contributed by atoms with E-state index in [1.54, 1.807) is 0 Å². The number of carboxylic acid groups (broad SMARTS) is 1. The summed E-state index contributed by atoms with van der Waals surface area (Å²) in [6.07, 6.45) is 1.58. The zero-order valence-corrected chi connectivity index (χ0v) is 9.97. The van der Waals surface area contributed by atoms with E-state index >= 15 is 0 Å². The van der Waals surface area contributed by atoms with Crippen LogP contribution in [0.3, 0.4) is 0 Å². The molecule has 0 radical (unpaired) electrons. The molecule has 2 N–H and O–H groups in total. The van der Waals surface area contributed by atoms with E-state index in [1.807, 2.05) is 18.2 Å². The van der Waals surface area contributed by atoms with Crippen LogP contribution in [0, 0.1) is 0 Å². The molecule has 0 aromatic heterocycles. The second-order valence-corrected chi connectivity index (χ2v) is 4.76. The van der Waals surface area contributed by atoms with Crippen molar-refractivity contribution in [1.29, 1.82) is 0 Å². The minimum atomic E-state index is -0.752. The molecule has 1 heterocycles. The van der Waals surface area contributed by atoms with Gasteiger partial charge in [-0.25, -0.2) is 0 Å². The molecular weight excluding hydrogens is 226 g/mol. The number of hydrogen-bond acceptors (Lipinski definition) is 2. The molecule has 92 valence electrons. The highest BCUT2D eigenvalue weighted by molar-refractivity contribution is 5.86. The summed E-state index contributed by atoms with van der Waals surface area (Å²) >= 11 is 0. The summed E-state index contributed by atoms with van der Waals surface area (Å²) in [6, 6.07) is 14.2. The maximum atomic E-state index is 11.0. The smallest absolute Gasteiger partial charge is 0.320 e. The van der Waals surface area contributed by atoms with Gasteiger partial charge in [0, 0.05) is 6.04 Å². The first-order chi connectivity index (χ1) is 8.75. The number of rotatable bonds is 2. The molecule has 0 spiro atoms. The van der Waals surface area contributed by atoms with E-state index in [1.165, 1.54) is 16.3 Å². The Morgan fingerprint density at radius 1 is 1.11 bits per heavy atom. The van der Waals surface area contributed by atoms with Gasteiger partial charge in [0.05, 0.1) is 0 Å². The molecule has 3 nitrogen and oxygen atoms in total. The van der Waals surface area contributed by atoms with Gasteiger partial charge in [-0.3, -0.25) is 10.1 Å². The topological polar surface area (TPSA) is 49.3 Å². The van der Waals surface area contributed by atoms with E-state index in [4.69, 9.17) is 5.11 Å². The molecule has 0 amide bonds. The Bertz CT molecular complexity index is 589. The van der Waals surface area contributed by atoms with Crippen LogP contribution < -0.4 is 5.32 Å². The number of aliphatic carboxylic acids is 1. The lowest BCUT2D eigenvalue weighted by Gasteiger charge is -2.15. The Morgan fingerprint density at radius 2 is 1.89 bits per heavy atom. The van der Waals surface area contributed by atoms with Gasteiger partial charge in [0.15, 0.2) is 0 Å². The SMILES string of the molecule is O=C(O)C1CCC(c2cccc3ccccc23)N1.